The highest BCUT2D eigenvalue weighted by Crippen LogP contribution is 2.35. The van der Waals surface area contributed by atoms with Crippen molar-refractivity contribution in [2.75, 3.05) is 18.5 Å². The molecule has 2 amide bonds. The van der Waals surface area contributed by atoms with E-state index in [1.54, 1.807) is 33.8 Å². The molecule has 4 aromatic rings. The SMILES string of the molecule is CCOC(=O)c1sc(NC(=O)[C@@H](C)Sc2nnc(CNC(=O)c3cccc(C)c3)n2Cc2ccccc2)c(C(=O)OCC)c1C. The number of carbonyl (C=O) groups excluding carboxylic acids is 4. The number of rotatable bonds is 13. The van der Waals surface area contributed by atoms with Gasteiger partial charge < -0.3 is 24.7 Å². The van der Waals surface area contributed by atoms with Gasteiger partial charge in [0.15, 0.2) is 11.0 Å². The molecule has 2 aromatic heterocycles. The predicted octanol–water partition coefficient (Wildman–Crippen LogP) is 5.41. The lowest BCUT2D eigenvalue weighted by Gasteiger charge is -2.14. The normalized spacial score (nSPS) is 11.5. The summed E-state index contributed by atoms with van der Waals surface area (Å²) in [6.45, 7) is 9.46. The number of thioether (sulfide) groups is 1. The van der Waals surface area contributed by atoms with E-state index in [0.29, 0.717) is 28.7 Å². The molecule has 2 N–H and O–H groups in total. The first-order valence-electron chi connectivity index (χ1n) is 14.4. The number of benzene rings is 2. The third kappa shape index (κ3) is 8.37. The van der Waals surface area contributed by atoms with E-state index < -0.39 is 23.1 Å². The number of carbonyl (C=O) groups is 4. The topological polar surface area (TPSA) is 142 Å². The Kier molecular flexibility index (Phi) is 11.5. The molecule has 0 fully saturated rings. The summed E-state index contributed by atoms with van der Waals surface area (Å²) in [5.74, 6) is -1.35. The van der Waals surface area contributed by atoms with E-state index in [0.717, 1.165) is 22.5 Å². The molecule has 1 atom stereocenters. The molecule has 0 radical (unpaired) electrons. The van der Waals surface area contributed by atoms with Crippen molar-refractivity contribution in [3.05, 3.63) is 93.1 Å². The Balaban J connectivity index is 1.55. The van der Waals surface area contributed by atoms with Gasteiger partial charge in [-0.1, -0.05) is 59.8 Å². The Morgan fingerprint density at radius 1 is 0.956 bits per heavy atom. The molecule has 45 heavy (non-hydrogen) atoms. The van der Waals surface area contributed by atoms with Crippen LogP contribution in [-0.2, 0) is 27.4 Å². The van der Waals surface area contributed by atoms with Gasteiger partial charge >= 0.3 is 11.9 Å². The number of thiophene rings is 1. The number of aryl methyl sites for hydroxylation is 1. The smallest absolute Gasteiger partial charge is 0.348 e. The van der Waals surface area contributed by atoms with Crippen LogP contribution in [0.4, 0.5) is 5.00 Å². The number of hydrogen-bond acceptors (Lipinski definition) is 10. The maximum Gasteiger partial charge on any atom is 0.348 e. The highest BCUT2D eigenvalue weighted by atomic mass is 32.2. The minimum atomic E-state index is -0.679. The summed E-state index contributed by atoms with van der Waals surface area (Å²) in [5, 5.41) is 14.4. The molecule has 0 saturated heterocycles. The van der Waals surface area contributed by atoms with Crippen LogP contribution in [0.25, 0.3) is 0 Å². The van der Waals surface area contributed by atoms with Gasteiger partial charge in [-0.3, -0.25) is 9.59 Å². The second-order valence-corrected chi connectivity index (χ2v) is 12.3. The number of ether oxygens (including phenoxy) is 2. The van der Waals surface area contributed by atoms with Gasteiger partial charge in [-0.15, -0.1) is 21.5 Å². The van der Waals surface area contributed by atoms with Crippen LogP contribution in [0.2, 0.25) is 0 Å². The first-order chi connectivity index (χ1) is 21.6. The van der Waals surface area contributed by atoms with Crippen molar-refractivity contribution in [3.8, 4) is 0 Å². The molecule has 0 aliphatic carbocycles. The molecule has 0 aliphatic rings. The minimum absolute atomic E-state index is 0.120. The van der Waals surface area contributed by atoms with Crippen LogP contribution in [0.5, 0.6) is 0 Å². The molecule has 0 unspecified atom stereocenters. The second-order valence-electron chi connectivity index (χ2n) is 9.97. The number of nitrogens with one attached hydrogen (secondary N) is 2. The lowest BCUT2D eigenvalue weighted by molar-refractivity contribution is -0.115. The molecule has 11 nitrogen and oxygen atoms in total. The third-order valence-electron chi connectivity index (χ3n) is 6.64. The van der Waals surface area contributed by atoms with Crippen LogP contribution in [0.3, 0.4) is 0 Å². The molecule has 0 saturated carbocycles. The first kappa shape index (κ1) is 33.4. The Hall–Kier alpha value is -4.49. The summed E-state index contributed by atoms with van der Waals surface area (Å²) in [6, 6.07) is 17.0. The number of hydrogen-bond donors (Lipinski definition) is 2. The molecule has 4 rings (SSSR count). The Morgan fingerprint density at radius 2 is 1.67 bits per heavy atom. The van der Waals surface area contributed by atoms with E-state index >= 15 is 0 Å². The minimum Gasteiger partial charge on any atom is -0.462 e. The van der Waals surface area contributed by atoms with Crippen molar-refractivity contribution in [2.24, 2.45) is 0 Å². The molecular weight excluding hydrogens is 615 g/mol. The standard InChI is InChI=1S/C32H35N5O6S2/c1-6-42-30(40)25-20(4)26(31(41)43-7-2)45-29(25)34-27(38)21(5)44-32-36-35-24(37(32)18-22-13-9-8-10-14-22)17-33-28(39)23-15-11-12-19(3)16-23/h8-16,21H,6-7,17-18H2,1-5H3,(H,33,39)(H,34,38)/t21-/m1/s1. The van der Waals surface area contributed by atoms with Gasteiger partial charge in [0, 0.05) is 5.56 Å². The molecule has 0 spiro atoms. The van der Waals surface area contributed by atoms with Gasteiger partial charge in [-0.05, 0) is 57.9 Å². The highest BCUT2D eigenvalue weighted by molar-refractivity contribution is 8.00. The summed E-state index contributed by atoms with van der Waals surface area (Å²) in [7, 11) is 0. The number of nitrogens with zero attached hydrogens (tertiary/aromatic N) is 3. The summed E-state index contributed by atoms with van der Waals surface area (Å²) < 4.78 is 12.2. The fourth-order valence-electron chi connectivity index (χ4n) is 4.38. The van der Waals surface area contributed by atoms with E-state index in [9.17, 15) is 19.2 Å². The first-order valence-corrected chi connectivity index (χ1v) is 16.1. The van der Waals surface area contributed by atoms with Crippen LogP contribution in [0.1, 0.15) is 73.7 Å². The molecule has 2 heterocycles. The van der Waals surface area contributed by atoms with E-state index in [4.69, 9.17) is 9.47 Å². The van der Waals surface area contributed by atoms with E-state index in [-0.39, 0.29) is 41.1 Å². The van der Waals surface area contributed by atoms with Crippen molar-refractivity contribution in [1.29, 1.82) is 0 Å². The molecule has 0 aliphatic heterocycles. The number of anilines is 1. The highest BCUT2D eigenvalue weighted by Gasteiger charge is 2.29. The van der Waals surface area contributed by atoms with Crippen LogP contribution < -0.4 is 10.6 Å². The summed E-state index contributed by atoms with van der Waals surface area (Å²) in [5.41, 5.74) is 3.01. The van der Waals surface area contributed by atoms with Crippen molar-refractivity contribution < 1.29 is 28.7 Å². The molecule has 13 heteroatoms. The van der Waals surface area contributed by atoms with E-state index in [2.05, 4.69) is 20.8 Å². The van der Waals surface area contributed by atoms with Crippen LogP contribution in [-0.4, -0.2) is 57.0 Å². The predicted molar refractivity (Wildman–Crippen MR) is 173 cm³/mol. The number of aromatic nitrogens is 3. The fraction of sp³-hybridized carbons (Fsp3) is 0.312. The van der Waals surface area contributed by atoms with E-state index in [1.807, 2.05) is 60.0 Å². The number of esters is 2. The zero-order valence-electron chi connectivity index (χ0n) is 25.7. The second kappa shape index (κ2) is 15.5. The lowest BCUT2D eigenvalue weighted by atomic mass is 10.1. The maximum atomic E-state index is 13.4. The zero-order valence-corrected chi connectivity index (χ0v) is 27.3. The summed E-state index contributed by atoms with van der Waals surface area (Å²) in [6.07, 6.45) is 0. The van der Waals surface area contributed by atoms with Crippen molar-refractivity contribution >= 4 is 51.9 Å². The van der Waals surface area contributed by atoms with Gasteiger partial charge in [0.1, 0.15) is 9.88 Å². The van der Waals surface area contributed by atoms with Gasteiger partial charge in [-0.25, -0.2) is 9.59 Å². The van der Waals surface area contributed by atoms with Gasteiger partial charge in [0.25, 0.3) is 5.91 Å². The molecular formula is C32H35N5O6S2. The van der Waals surface area contributed by atoms with Gasteiger partial charge in [0.05, 0.1) is 37.1 Å². The Bertz CT molecular complexity index is 1680. The fourth-order valence-corrected chi connectivity index (χ4v) is 6.34. The van der Waals surface area contributed by atoms with E-state index in [1.165, 1.54) is 11.8 Å². The van der Waals surface area contributed by atoms with Crippen LogP contribution in [0, 0.1) is 13.8 Å². The van der Waals surface area contributed by atoms with Crippen LogP contribution >= 0.6 is 23.1 Å². The zero-order chi connectivity index (χ0) is 32.5. The Morgan fingerprint density at radius 3 is 2.36 bits per heavy atom. The third-order valence-corrected chi connectivity index (χ3v) is 8.91. The summed E-state index contributed by atoms with van der Waals surface area (Å²) in [4.78, 5) is 51.8. The molecule has 2 aromatic carbocycles. The number of amides is 2. The monoisotopic (exact) mass is 649 g/mol. The quantitative estimate of drug-likeness (QED) is 0.144. The van der Waals surface area contributed by atoms with Crippen molar-refractivity contribution in [1.82, 2.24) is 20.1 Å². The van der Waals surface area contributed by atoms with Gasteiger partial charge in [-0.2, -0.15) is 0 Å². The van der Waals surface area contributed by atoms with Crippen LogP contribution in [0.15, 0.2) is 59.8 Å². The summed E-state index contributed by atoms with van der Waals surface area (Å²) >= 11 is 2.15. The maximum absolute atomic E-state index is 13.4. The molecule has 0 bridgehead atoms. The Labute approximate surface area is 269 Å². The molecule has 236 valence electrons. The van der Waals surface area contributed by atoms with Gasteiger partial charge in [0.2, 0.25) is 5.91 Å². The lowest BCUT2D eigenvalue weighted by Crippen LogP contribution is -2.25. The van der Waals surface area contributed by atoms with Crippen molar-refractivity contribution in [3.63, 3.8) is 0 Å². The average Bonchev–Trinajstić information content (AvgIpc) is 3.55. The van der Waals surface area contributed by atoms with Crippen molar-refractivity contribution in [2.45, 2.75) is 58.1 Å². The average molecular weight is 650 g/mol. The largest absolute Gasteiger partial charge is 0.462 e.